The summed E-state index contributed by atoms with van der Waals surface area (Å²) < 4.78 is 0. The molecule has 1 aliphatic carbocycles. The maximum Gasteiger partial charge on any atom is 0.227 e. The number of anilines is 1. The molecule has 1 aromatic heterocycles. The van der Waals surface area contributed by atoms with Crippen molar-refractivity contribution in [1.82, 2.24) is 10.6 Å². The van der Waals surface area contributed by atoms with Gasteiger partial charge in [0.2, 0.25) is 5.91 Å². The van der Waals surface area contributed by atoms with E-state index in [9.17, 15) is 9.90 Å². The van der Waals surface area contributed by atoms with Crippen molar-refractivity contribution in [2.24, 2.45) is 10.9 Å². The lowest BCUT2D eigenvalue weighted by atomic mass is 9.85. The van der Waals surface area contributed by atoms with Crippen molar-refractivity contribution in [1.29, 1.82) is 0 Å². The molecule has 3 rings (SSSR count). The number of guanidine groups is 1. The molecule has 2 aromatic rings. The number of hydrogen-bond donors (Lipinski definition) is 4. The smallest absolute Gasteiger partial charge is 0.227 e. The van der Waals surface area contributed by atoms with E-state index in [1.165, 1.54) is 11.3 Å². The van der Waals surface area contributed by atoms with Crippen molar-refractivity contribution in [2.45, 2.75) is 45.3 Å². The van der Waals surface area contributed by atoms with E-state index in [1.54, 1.807) is 6.92 Å². The molecule has 4 N–H and O–H groups in total. The van der Waals surface area contributed by atoms with Gasteiger partial charge in [-0.1, -0.05) is 24.6 Å². The van der Waals surface area contributed by atoms with Crippen molar-refractivity contribution in [3.8, 4) is 0 Å². The fourth-order valence-electron chi connectivity index (χ4n) is 3.10. The van der Waals surface area contributed by atoms with E-state index in [4.69, 9.17) is 0 Å². The van der Waals surface area contributed by atoms with Crippen molar-refractivity contribution in [3.05, 3.63) is 52.2 Å². The molecule has 1 unspecified atom stereocenters. The Labute approximate surface area is 199 Å². The second kappa shape index (κ2) is 11.7. The maximum absolute atomic E-state index is 12.2. The highest BCUT2D eigenvalue weighted by molar-refractivity contribution is 14.0. The number of carbonyl (C=O) groups is 1. The van der Waals surface area contributed by atoms with Gasteiger partial charge in [-0.25, -0.2) is 4.99 Å². The lowest BCUT2D eigenvalue weighted by Gasteiger charge is -2.24. The van der Waals surface area contributed by atoms with Crippen LogP contribution in [0, 0.1) is 5.92 Å². The fraction of sp³-hybridized carbons (Fsp3) is 0.455. The zero-order valence-corrected chi connectivity index (χ0v) is 20.6. The van der Waals surface area contributed by atoms with Gasteiger partial charge in [-0.3, -0.25) is 4.79 Å². The number of thiophene rings is 1. The van der Waals surface area contributed by atoms with E-state index in [0.29, 0.717) is 19.0 Å². The van der Waals surface area contributed by atoms with Gasteiger partial charge >= 0.3 is 0 Å². The zero-order valence-electron chi connectivity index (χ0n) is 17.5. The van der Waals surface area contributed by atoms with E-state index in [2.05, 4.69) is 20.9 Å². The Morgan fingerprint density at radius 1 is 1.27 bits per heavy atom. The number of rotatable bonds is 8. The highest BCUT2D eigenvalue weighted by Crippen LogP contribution is 2.27. The number of nitrogens with zero attached hydrogens (tertiary/aromatic N) is 1. The first-order chi connectivity index (χ1) is 14.0. The monoisotopic (exact) mass is 542 g/mol. The van der Waals surface area contributed by atoms with Crippen LogP contribution in [0.25, 0.3) is 0 Å². The third kappa shape index (κ3) is 6.95. The van der Waals surface area contributed by atoms with Crippen LogP contribution in [0.5, 0.6) is 0 Å². The third-order valence-corrected chi connectivity index (χ3v) is 6.21. The number of aliphatic hydroxyl groups is 1. The minimum absolute atomic E-state index is 0. The van der Waals surface area contributed by atoms with Gasteiger partial charge in [-0.15, -0.1) is 35.3 Å². The van der Waals surface area contributed by atoms with E-state index in [1.807, 2.05) is 48.7 Å². The van der Waals surface area contributed by atoms with Crippen LogP contribution >= 0.6 is 35.3 Å². The van der Waals surface area contributed by atoms with Crippen molar-refractivity contribution in [3.63, 3.8) is 0 Å². The number of nitrogens with one attached hydrogen (secondary N) is 3. The van der Waals surface area contributed by atoms with E-state index < -0.39 is 5.60 Å². The van der Waals surface area contributed by atoms with E-state index >= 15 is 0 Å². The predicted octanol–water partition coefficient (Wildman–Crippen LogP) is 4.07. The summed E-state index contributed by atoms with van der Waals surface area (Å²) in [6.07, 6.45) is 3.12. The summed E-state index contributed by atoms with van der Waals surface area (Å²) in [6, 6.07) is 11.7. The zero-order chi connectivity index (χ0) is 20.7. The first-order valence-corrected chi connectivity index (χ1v) is 11.0. The van der Waals surface area contributed by atoms with Crippen LogP contribution in [0.15, 0.2) is 46.8 Å². The Hall–Kier alpha value is -1.65. The molecule has 8 heteroatoms. The standard InChI is InChI=1S/C22H30N4O2S.HI/c1-3-23-21(25-15-22(2,28)19-11-6-12-29-19)24-14-16-7-4-10-18(13-16)26-20(27)17-8-5-9-17;/h4,6-7,10-13,17,28H,3,5,8-9,14-15H2,1-2H3,(H,26,27)(H2,23,24,25);1H. The Morgan fingerprint density at radius 3 is 2.70 bits per heavy atom. The van der Waals surface area contributed by atoms with E-state index in [-0.39, 0.29) is 35.8 Å². The topological polar surface area (TPSA) is 85.8 Å². The Bertz CT molecular complexity index is 835. The summed E-state index contributed by atoms with van der Waals surface area (Å²) in [5, 5.41) is 22.1. The lowest BCUT2D eigenvalue weighted by Crippen LogP contribution is -2.44. The molecule has 1 fully saturated rings. The van der Waals surface area contributed by atoms with Crippen LogP contribution in [0.3, 0.4) is 0 Å². The van der Waals surface area contributed by atoms with Crippen LogP contribution in [0.2, 0.25) is 0 Å². The molecule has 1 aromatic carbocycles. The van der Waals surface area contributed by atoms with Gasteiger partial charge in [0, 0.05) is 23.0 Å². The second-order valence-corrected chi connectivity index (χ2v) is 8.57. The van der Waals surface area contributed by atoms with Crippen LogP contribution in [-0.2, 0) is 16.9 Å². The average Bonchev–Trinajstić information content (AvgIpc) is 3.18. The number of carbonyl (C=O) groups excluding carboxylic acids is 1. The first-order valence-electron chi connectivity index (χ1n) is 10.2. The van der Waals surface area contributed by atoms with Gasteiger partial charge in [-0.05, 0) is 55.8 Å². The van der Waals surface area contributed by atoms with Crippen molar-refractivity contribution in [2.75, 3.05) is 18.4 Å². The molecular weight excluding hydrogens is 511 g/mol. The van der Waals surface area contributed by atoms with Gasteiger partial charge in [0.25, 0.3) is 0 Å². The summed E-state index contributed by atoms with van der Waals surface area (Å²) in [5.74, 6) is 0.924. The molecule has 1 heterocycles. The quantitative estimate of drug-likeness (QED) is 0.230. The summed E-state index contributed by atoms with van der Waals surface area (Å²) in [5.41, 5.74) is 0.864. The highest BCUT2D eigenvalue weighted by Gasteiger charge is 2.25. The molecule has 0 bridgehead atoms. The Morgan fingerprint density at radius 2 is 2.07 bits per heavy atom. The molecule has 0 spiro atoms. The molecule has 1 atom stereocenters. The largest absolute Gasteiger partial charge is 0.383 e. The minimum Gasteiger partial charge on any atom is -0.383 e. The molecule has 30 heavy (non-hydrogen) atoms. The maximum atomic E-state index is 12.2. The number of aliphatic imine (C=N–C) groups is 1. The van der Waals surface area contributed by atoms with Crippen molar-refractivity contribution >= 4 is 52.9 Å². The number of amides is 1. The lowest BCUT2D eigenvalue weighted by molar-refractivity contribution is -0.122. The Balaban J connectivity index is 0.00000320. The average molecular weight is 542 g/mol. The normalized spacial score (nSPS) is 16.0. The summed E-state index contributed by atoms with van der Waals surface area (Å²) in [6.45, 7) is 5.36. The molecule has 0 aliphatic heterocycles. The molecule has 1 aliphatic rings. The van der Waals surface area contributed by atoms with Crippen LogP contribution in [-0.4, -0.2) is 30.1 Å². The van der Waals surface area contributed by atoms with Gasteiger partial charge in [0.15, 0.2) is 5.96 Å². The number of halogens is 1. The Kier molecular flexibility index (Phi) is 9.57. The molecule has 1 saturated carbocycles. The van der Waals surface area contributed by atoms with Gasteiger partial charge < -0.3 is 21.1 Å². The summed E-state index contributed by atoms with van der Waals surface area (Å²) in [4.78, 5) is 17.7. The first kappa shape index (κ1) is 24.6. The van der Waals surface area contributed by atoms with Gasteiger partial charge in [0.1, 0.15) is 5.60 Å². The van der Waals surface area contributed by atoms with E-state index in [0.717, 1.165) is 41.9 Å². The third-order valence-electron chi connectivity index (χ3n) is 5.09. The molecule has 0 radical (unpaired) electrons. The minimum atomic E-state index is -0.962. The van der Waals surface area contributed by atoms with Gasteiger partial charge in [-0.2, -0.15) is 0 Å². The fourth-order valence-corrected chi connectivity index (χ4v) is 3.89. The second-order valence-electron chi connectivity index (χ2n) is 7.62. The molecule has 6 nitrogen and oxygen atoms in total. The SMILES string of the molecule is CCNC(=NCc1cccc(NC(=O)C2CCC2)c1)NCC(C)(O)c1cccs1.I. The number of hydrogen-bond acceptors (Lipinski definition) is 4. The molecule has 0 saturated heterocycles. The van der Waals surface area contributed by atoms with Crippen LogP contribution in [0.4, 0.5) is 5.69 Å². The summed E-state index contributed by atoms with van der Waals surface area (Å²) in [7, 11) is 0. The molecule has 164 valence electrons. The highest BCUT2D eigenvalue weighted by atomic mass is 127. The molecular formula is C22H31IN4O2S. The molecule has 1 amide bonds. The van der Waals surface area contributed by atoms with Gasteiger partial charge in [0.05, 0.1) is 13.1 Å². The number of benzene rings is 1. The van der Waals surface area contributed by atoms with Crippen LogP contribution < -0.4 is 16.0 Å². The van der Waals surface area contributed by atoms with Crippen LogP contribution in [0.1, 0.15) is 43.6 Å². The summed E-state index contributed by atoms with van der Waals surface area (Å²) >= 11 is 1.53. The predicted molar refractivity (Wildman–Crippen MR) is 135 cm³/mol. The van der Waals surface area contributed by atoms with Crippen molar-refractivity contribution < 1.29 is 9.90 Å².